The summed E-state index contributed by atoms with van der Waals surface area (Å²) in [4.78, 5) is 12.2. The second kappa shape index (κ2) is 7.13. The molecule has 0 aliphatic heterocycles. The van der Waals surface area contributed by atoms with E-state index < -0.39 is 0 Å². The van der Waals surface area contributed by atoms with Gasteiger partial charge in [-0.25, -0.2) is 0 Å². The molecule has 0 spiro atoms. The first kappa shape index (κ1) is 16.0. The summed E-state index contributed by atoms with van der Waals surface area (Å²) in [6.07, 6.45) is 0. The largest absolute Gasteiger partial charge is 0.350 e. The maximum absolute atomic E-state index is 12.2. The van der Waals surface area contributed by atoms with Crippen LogP contribution < -0.4 is 5.32 Å². The highest BCUT2D eigenvalue weighted by molar-refractivity contribution is 5.94. The van der Waals surface area contributed by atoms with Crippen molar-refractivity contribution in [1.29, 1.82) is 0 Å². The number of nitrogens with one attached hydrogen (secondary N) is 1. The quantitative estimate of drug-likeness (QED) is 0.781. The van der Waals surface area contributed by atoms with Crippen molar-refractivity contribution in [2.24, 2.45) is 0 Å². The molecule has 1 amide bonds. The standard InChI is InChI=1S/C20H21N3O/c1-15-14-16(2)23(22-15)13-12-21-20(24)19-10-8-18(9-11-19)17-6-4-3-5-7-17/h3-11,14H,12-13H2,1-2H3,(H,21,24). The predicted octanol–water partition coefficient (Wildman–Crippen LogP) is 3.60. The number of benzene rings is 2. The zero-order valence-electron chi connectivity index (χ0n) is 14.0. The third-order valence-corrected chi connectivity index (χ3v) is 3.97. The van der Waals surface area contributed by atoms with Gasteiger partial charge < -0.3 is 5.32 Å². The summed E-state index contributed by atoms with van der Waals surface area (Å²) < 4.78 is 1.91. The third-order valence-electron chi connectivity index (χ3n) is 3.97. The Morgan fingerprint density at radius 3 is 2.29 bits per heavy atom. The van der Waals surface area contributed by atoms with Crippen LogP contribution >= 0.6 is 0 Å². The van der Waals surface area contributed by atoms with Gasteiger partial charge >= 0.3 is 0 Å². The van der Waals surface area contributed by atoms with Crippen LogP contribution in [0.1, 0.15) is 21.7 Å². The number of aromatic nitrogens is 2. The topological polar surface area (TPSA) is 46.9 Å². The van der Waals surface area contributed by atoms with Crippen LogP contribution in [-0.2, 0) is 6.54 Å². The molecular weight excluding hydrogens is 298 g/mol. The molecule has 0 radical (unpaired) electrons. The van der Waals surface area contributed by atoms with E-state index in [1.54, 1.807) is 0 Å². The van der Waals surface area contributed by atoms with Crippen LogP contribution in [0.5, 0.6) is 0 Å². The van der Waals surface area contributed by atoms with E-state index in [-0.39, 0.29) is 5.91 Å². The van der Waals surface area contributed by atoms with Gasteiger partial charge in [0.1, 0.15) is 0 Å². The number of rotatable bonds is 5. The molecule has 1 heterocycles. The Bertz CT molecular complexity index is 820. The van der Waals surface area contributed by atoms with Gasteiger partial charge in [-0.1, -0.05) is 42.5 Å². The normalized spacial score (nSPS) is 10.6. The van der Waals surface area contributed by atoms with E-state index in [9.17, 15) is 4.79 Å². The van der Waals surface area contributed by atoms with Gasteiger partial charge in [-0.2, -0.15) is 5.10 Å². The molecule has 24 heavy (non-hydrogen) atoms. The summed E-state index contributed by atoms with van der Waals surface area (Å²) >= 11 is 0. The number of hydrogen-bond donors (Lipinski definition) is 1. The van der Waals surface area contributed by atoms with Gasteiger partial charge in [-0.05, 0) is 43.2 Å². The second-order valence-corrected chi connectivity index (χ2v) is 5.85. The highest BCUT2D eigenvalue weighted by Gasteiger charge is 2.06. The number of aryl methyl sites for hydroxylation is 2. The first-order chi connectivity index (χ1) is 11.6. The smallest absolute Gasteiger partial charge is 0.251 e. The highest BCUT2D eigenvalue weighted by Crippen LogP contribution is 2.19. The molecule has 4 heteroatoms. The fourth-order valence-electron chi connectivity index (χ4n) is 2.72. The van der Waals surface area contributed by atoms with Crippen LogP contribution in [0.25, 0.3) is 11.1 Å². The highest BCUT2D eigenvalue weighted by atomic mass is 16.1. The van der Waals surface area contributed by atoms with Crippen molar-refractivity contribution in [1.82, 2.24) is 15.1 Å². The molecule has 0 unspecified atom stereocenters. The minimum atomic E-state index is -0.0591. The average molecular weight is 319 g/mol. The lowest BCUT2D eigenvalue weighted by atomic mass is 10.0. The number of nitrogens with zero attached hydrogens (tertiary/aromatic N) is 2. The van der Waals surface area contributed by atoms with E-state index in [0.29, 0.717) is 18.7 Å². The molecule has 122 valence electrons. The van der Waals surface area contributed by atoms with E-state index >= 15 is 0 Å². The minimum absolute atomic E-state index is 0.0591. The van der Waals surface area contributed by atoms with E-state index in [2.05, 4.69) is 22.5 Å². The van der Waals surface area contributed by atoms with Gasteiger partial charge in [-0.3, -0.25) is 9.48 Å². The molecule has 3 rings (SSSR count). The lowest BCUT2D eigenvalue weighted by Gasteiger charge is -2.08. The van der Waals surface area contributed by atoms with Gasteiger partial charge in [0.05, 0.1) is 12.2 Å². The van der Waals surface area contributed by atoms with Crippen LogP contribution in [0.4, 0.5) is 0 Å². The first-order valence-corrected chi connectivity index (χ1v) is 8.08. The van der Waals surface area contributed by atoms with Crippen LogP contribution in [-0.4, -0.2) is 22.2 Å². The number of amides is 1. The molecule has 0 atom stereocenters. The molecule has 3 aromatic rings. The van der Waals surface area contributed by atoms with Crippen LogP contribution in [0.2, 0.25) is 0 Å². The summed E-state index contributed by atoms with van der Waals surface area (Å²) in [6, 6.07) is 19.8. The monoisotopic (exact) mass is 319 g/mol. The Labute approximate surface area is 142 Å². The molecule has 0 saturated carbocycles. The molecule has 2 aromatic carbocycles. The van der Waals surface area contributed by atoms with Crippen molar-refractivity contribution in [3.05, 3.63) is 77.6 Å². The second-order valence-electron chi connectivity index (χ2n) is 5.85. The van der Waals surface area contributed by atoms with Crippen molar-refractivity contribution >= 4 is 5.91 Å². The Morgan fingerprint density at radius 1 is 1.00 bits per heavy atom. The van der Waals surface area contributed by atoms with Crippen molar-refractivity contribution in [2.45, 2.75) is 20.4 Å². The third kappa shape index (κ3) is 3.71. The summed E-state index contributed by atoms with van der Waals surface area (Å²) in [7, 11) is 0. The molecule has 1 aromatic heterocycles. The van der Waals surface area contributed by atoms with Crippen molar-refractivity contribution in [2.75, 3.05) is 6.54 Å². The van der Waals surface area contributed by atoms with E-state index in [1.165, 1.54) is 0 Å². The van der Waals surface area contributed by atoms with Gasteiger partial charge in [0.2, 0.25) is 0 Å². The van der Waals surface area contributed by atoms with Crippen molar-refractivity contribution in [3.8, 4) is 11.1 Å². The number of hydrogen-bond acceptors (Lipinski definition) is 2. The molecule has 0 fully saturated rings. The maximum atomic E-state index is 12.2. The molecule has 0 aliphatic carbocycles. The zero-order valence-corrected chi connectivity index (χ0v) is 14.0. The molecule has 4 nitrogen and oxygen atoms in total. The van der Waals surface area contributed by atoms with Crippen LogP contribution in [0.15, 0.2) is 60.7 Å². The summed E-state index contributed by atoms with van der Waals surface area (Å²) in [6.45, 7) is 5.22. The maximum Gasteiger partial charge on any atom is 0.251 e. The summed E-state index contributed by atoms with van der Waals surface area (Å²) in [5, 5.41) is 7.33. The lowest BCUT2D eigenvalue weighted by molar-refractivity contribution is 0.0952. The zero-order chi connectivity index (χ0) is 16.9. The molecule has 0 aliphatic rings. The lowest BCUT2D eigenvalue weighted by Crippen LogP contribution is -2.27. The van der Waals surface area contributed by atoms with Gasteiger partial charge in [-0.15, -0.1) is 0 Å². The number of carbonyl (C=O) groups is 1. The SMILES string of the molecule is Cc1cc(C)n(CCNC(=O)c2ccc(-c3ccccc3)cc2)n1. The molecule has 0 bridgehead atoms. The average Bonchev–Trinajstić information content (AvgIpc) is 2.93. The van der Waals surface area contributed by atoms with Crippen molar-refractivity contribution in [3.63, 3.8) is 0 Å². The Balaban J connectivity index is 1.58. The predicted molar refractivity (Wildman–Crippen MR) is 95.9 cm³/mol. The Hall–Kier alpha value is -2.88. The van der Waals surface area contributed by atoms with Gasteiger partial charge in [0.15, 0.2) is 0 Å². The minimum Gasteiger partial charge on any atom is -0.350 e. The summed E-state index contributed by atoms with van der Waals surface area (Å²) in [5.41, 5.74) is 5.02. The molecule has 1 N–H and O–H groups in total. The van der Waals surface area contributed by atoms with Gasteiger partial charge in [0.25, 0.3) is 5.91 Å². The first-order valence-electron chi connectivity index (χ1n) is 8.08. The van der Waals surface area contributed by atoms with Gasteiger partial charge in [0, 0.05) is 17.8 Å². The summed E-state index contributed by atoms with van der Waals surface area (Å²) in [5.74, 6) is -0.0591. The fraction of sp³-hybridized carbons (Fsp3) is 0.200. The van der Waals surface area contributed by atoms with E-state index in [1.807, 2.05) is 67.1 Å². The number of carbonyl (C=O) groups excluding carboxylic acids is 1. The molecular formula is C20H21N3O. The van der Waals surface area contributed by atoms with E-state index in [0.717, 1.165) is 22.5 Å². The Morgan fingerprint density at radius 2 is 1.67 bits per heavy atom. The van der Waals surface area contributed by atoms with Crippen molar-refractivity contribution < 1.29 is 4.79 Å². The fourth-order valence-corrected chi connectivity index (χ4v) is 2.72. The van der Waals surface area contributed by atoms with Crippen LogP contribution in [0.3, 0.4) is 0 Å². The van der Waals surface area contributed by atoms with Crippen LogP contribution in [0, 0.1) is 13.8 Å². The molecule has 0 saturated heterocycles. The Kier molecular flexibility index (Phi) is 4.75. The van der Waals surface area contributed by atoms with E-state index in [4.69, 9.17) is 0 Å².